The molecule has 21 heavy (non-hydrogen) atoms. The highest BCUT2D eigenvalue weighted by atomic mass is 16.5. The first kappa shape index (κ1) is 15.5. The number of aliphatic hydroxyl groups excluding tert-OH is 1. The second kappa shape index (κ2) is 7.81. The highest BCUT2D eigenvalue weighted by Crippen LogP contribution is 2.11. The third kappa shape index (κ3) is 5.21. The molecular weight excluding hydrogens is 266 g/mol. The molecule has 0 amide bonds. The highest BCUT2D eigenvalue weighted by Gasteiger charge is 2.04. The van der Waals surface area contributed by atoms with E-state index in [2.05, 4.69) is 24.3 Å². The number of benzene rings is 1. The number of rotatable bonds is 8. The summed E-state index contributed by atoms with van der Waals surface area (Å²) in [7, 11) is 0. The summed E-state index contributed by atoms with van der Waals surface area (Å²) in [5.74, 6) is 0.894. The van der Waals surface area contributed by atoms with E-state index in [-0.39, 0.29) is 12.6 Å². The van der Waals surface area contributed by atoms with Crippen molar-refractivity contribution in [3.05, 3.63) is 47.8 Å². The van der Waals surface area contributed by atoms with Crippen LogP contribution in [0, 0.1) is 6.92 Å². The molecule has 1 atom stereocenters. The molecule has 2 rings (SSSR count). The van der Waals surface area contributed by atoms with Crippen molar-refractivity contribution in [2.45, 2.75) is 33.0 Å². The summed E-state index contributed by atoms with van der Waals surface area (Å²) in [6.07, 6.45) is 3.76. The van der Waals surface area contributed by atoms with Crippen molar-refractivity contribution in [2.24, 2.45) is 0 Å². The van der Waals surface area contributed by atoms with E-state index in [0.29, 0.717) is 13.2 Å². The van der Waals surface area contributed by atoms with Crippen LogP contribution < -0.4 is 10.1 Å². The molecule has 2 aromatic rings. The zero-order valence-electron chi connectivity index (χ0n) is 12.6. The summed E-state index contributed by atoms with van der Waals surface area (Å²) < 4.78 is 7.48. The van der Waals surface area contributed by atoms with Crippen molar-refractivity contribution >= 4 is 0 Å². The first-order valence-corrected chi connectivity index (χ1v) is 7.22. The smallest absolute Gasteiger partial charge is 0.119 e. The number of ether oxygens (including phenoxy) is 1. The molecule has 1 aromatic heterocycles. The van der Waals surface area contributed by atoms with Crippen LogP contribution in [0.5, 0.6) is 5.75 Å². The molecule has 0 saturated carbocycles. The third-order valence-electron chi connectivity index (χ3n) is 3.19. The summed E-state index contributed by atoms with van der Waals surface area (Å²) >= 11 is 0. The lowest BCUT2D eigenvalue weighted by Crippen LogP contribution is -2.31. The van der Waals surface area contributed by atoms with Crippen molar-refractivity contribution in [1.82, 2.24) is 15.1 Å². The van der Waals surface area contributed by atoms with Gasteiger partial charge in [0.1, 0.15) is 12.4 Å². The fraction of sp³-hybridized carbons (Fsp3) is 0.438. The lowest BCUT2D eigenvalue weighted by atomic mass is 10.2. The van der Waals surface area contributed by atoms with Crippen molar-refractivity contribution in [2.75, 3.05) is 13.2 Å². The number of nitrogens with one attached hydrogen (secondary N) is 1. The van der Waals surface area contributed by atoms with Crippen LogP contribution in [0.15, 0.2) is 36.7 Å². The topological polar surface area (TPSA) is 59.3 Å². The molecule has 2 N–H and O–H groups in total. The maximum absolute atomic E-state index is 8.85. The summed E-state index contributed by atoms with van der Waals surface area (Å²) in [5.41, 5.74) is 2.33. The number of hydrogen-bond acceptors (Lipinski definition) is 4. The van der Waals surface area contributed by atoms with Crippen LogP contribution >= 0.6 is 0 Å². The molecule has 1 aromatic carbocycles. The van der Waals surface area contributed by atoms with E-state index in [4.69, 9.17) is 9.84 Å². The fourth-order valence-electron chi connectivity index (χ4n) is 1.93. The lowest BCUT2D eigenvalue weighted by molar-refractivity contribution is 0.269. The van der Waals surface area contributed by atoms with E-state index in [1.54, 1.807) is 4.68 Å². The van der Waals surface area contributed by atoms with Gasteiger partial charge in [-0.2, -0.15) is 5.10 Å². The van der Waals surface area contributed by atoms with Crippen LogP contribution in [0.3, 0.4) is 0 Å². The maximum atomic E-state index is 8.85. The molecule has 0 fully saturated rings. The van der Waals surface area contributed by atoms with E-state index in [1.165, 1.54) is 5.56 Å². The maximum Gasteiger partial charge on any atom is 0.119 e. The average Bonchev–Trinajstić information content (AvgIpc) is 2.93. The molecular formula is C16H23N3O2. The van der Waals surface area contributed by atoms with Crippen molar-refractivity contribution in [3.63, 3.8) is 0 Å². The molecule has 0 aliphatic heterocycles. The van der Waals surface area contributed by atoms with Gasteiger partial charge in [-0.25, -0.2) is 0 Å². The van der Waals surface area contributed by atoms with Gasteiger partial charge in [0.25, 0.3) is 0 Å². The molecule has 1 heterocycles. The molecule has 0 spiro atoms. The Kier molecular flexibility index (Phi) is 5.78. The van der Waals surface area contributed by atoms with E-state index in [1.807, 2.05) is 36.7 Å². The number of hydrogen-bond donors (Lipinski definition) is 2. The quantitative estimate of drug-likeness (QED) is 0.777. The third-order valence-corrected chi connectivity index (χ3v) is 3.19. The molecule has 5 nitrogen and oxygen atoms in total. The minimum absolute atomic E-state index is 0.106. The van der Waals surface area contributed by atoms with Gasteiger partial charge >= 0.3 is 0 Å². The predicted octanol–water partition coefficient (Wildman–Crippen LogP) is 1.74. The van der Waals surface area contributed by atoms with Crippen molar-refractivity contribution in [3.8, 4) is 5.75 Å². The van der Waals surface area contributed by atoms with E-state index >= 15 is 0 Å². The summed E-state index contributed by atoms with van der Waals surface area (Å²) in [6, 6.07) is 8.31. The first-order chi connectivity index (χ1) is 10.2. The summed E-state index contributed by atoms with van der Waals surface area (Å²) in [6.45, 7) is 6.15. The molecule has 0 aliphatic rings. The minimum Gasteiger partial charge on any atom is -0.492 e. The van der Waals surface area contributed by atoms with Crippen LogP contribution in [0.25, 0.3) is 0 Å². The summed E-state index contributed by atoms with van der Waals surface area (Å²) in [4.78, 5) is 0. The fourth-order valence-corrected chi connectivity index (χ4v) is 1.93. The van der Waals surface area contributed by atoms with Gasteiger partial charge in [-0.05, 0) is 26.0 Å². The number of aryl methyl sites for hydroxylation is 1. The first-order valence-electron chi connectivity index (χ1n) is 7.22. The lowest BCUT2D eigenvalue weighted by Gasteiger charge is -2.14. The average molecular weight is 289 g/mol. The van der Waals surface area contributed by atoms with Gasteiger partial charge in [0, 0.05) is 24.3 Å². The van der Waals surface area contributed by atoms with Crippen molar-refractivity contribution < 1.29 is 9.84 Å². The van der Waals surface area contributed by atoms with Gasteiger partial charge in [0.2, 0.25) is 0 Å². The molecule has 0 bridgehead atoms. The molecule has 1 unspecified atom stereocenters. The molecule has 114 valence electrons. The SMILES string of the molecule is Cc1ccc(OCC(C)NCc2cnn(CCO)c2)cc1. The molecule has 5 heteroatoms. The Morgan fingerprint density at radius 3 is 2.81 bits per heavy atom. The Labute approximate surface area is 125 Å². The van der Waals surface area contributed by atoms with E-state index in [0.717, 1.165) is 17.9 Å². The van der Waals surface area contributed by atoms with Crippen LogP contribution in [-0.4, -0.2) is 34.1 Å². The molecule has 0 aliphatic carbocycles. The number of aromatic nitrogens is 2. The standard InChI is InChI=1S/C16H23N3O2/c1-13-3-5-16(6-4-13)21-12-14(2)17-9-15-10-18-19(11-15)7-8-20/h3-6,10-11,14,17,20H,7-9,12H2,1-2H3. The van der Waals surface area contributed by atoms with E-state index < -0.39 is 0 Å². The second-order valence-electron chi connectivity index (χ2n) is 5.24. The Bertz CT molecular complexity index is 537. The molecule has 0 saturated heterocycles. The second-order valence-corrected chi connectivity index (χ2v) is 5.24. The van der Waals surface area contributed by atoms with E-state index in [9.17, 15) is 0 Å². The van der Waals surface area contributed by atoms with Gasteiger partial charge in [0.15, 0.2) is 0 Å². The minimum atomic E-state index is 0.106. The zero-order valence-corrected chi connectivity index (χ0v) is 12.6. The highest BCUT2D eigenvalue weighted by molar-refractivity contribution is 5.26. The summed E-state index contributed by atoms with van der Waals surface area (Å²) in [5, 5.41) is 16.4. The Morgan fingerprint density at radius 2 is 2.10 bits per heavy atom. The van der Waals surface area contributed by atoms with Crippen LogP contribution in [0.1, 0.15) is 18.1 Å². The van der Waals surface area contributed by atoms with Crippen LogP contribution in [-0.2, 0) is 13.1 Å². The number of aliphatic hydroxyl groups is 1. The van der Waals surface area contributed by atoms with Crippen LogP contribution in [0.2, 0.25) is 0 Å². The Morgan fingerprint density at radius 1 is 1.33 bits per heavy atom. The zero-order chi connectivity index (χ0) is 15.1. The predicted molar refractivity (Wildman–Crippen MR) is 82.3 cm³/mol. The van der Waals surface area contributed by atoms with Gasteiger partial charge in [0.05, 0.1) is 19.3 Å². The Balaban J connectivity index is 1.71. The monoisotopic (exact) mass is 289 g/mol. The van der Waals surface area contributed by atoms with Gasteiger partial charge < -0.3 is 15.2 Å². The van der Waals surface area contributed by atoms with Gasteiger partial charge in [-0.1, -0.05) is 17.7 Å². The largest absolute Gasteiger partial charge is 0.492 e. The normalized spacial score (nSPS) is 12.3. The Hall–Kier alpha value is -1.85. The van der Waals surface area contributed by atoms with Gasteiger partial charge in [-0.15, -0.1) is 0 Å². The van der Waals surface area contributed by atoms with Crippen LogP contribution in [0.4, 0.5) is 0 Å². The van der Waals surface area contributed by atoms with Gasteiger partial charge in [-0.3, -0.25) is 4.68 Å². The molecule has 0 radical (unpaired) electrons. The van der Waals surface area contributed by atoms with Crippen molar-refractivity contribution in [1.29, 1.82) is 0 Å². The number of nitrogens with zero attached hydrogens (tertiary/aromatic N) is 2.